The first-order valence-corrected chi connectivity index (χ1v) is 5.80. The van der Waals surface area contributed by atoms with Gasteiger partial charge in [-0.15, -0.1) is 0 Å². The second-order valence-electron chi connectivity index (χ2n) is 5.03. The summed E-state index contributed by atoms with van der Waals surface area (Å²) in [5.74, 6) is 0. The Bertz CT molecular complexity index is 671. The average molecular weight is 279 g/mol. The number of nitrogens with one attached hydrogen (secondary N) is 1. The van der Waals surface area contributed by atoms with E-state index in [1.165, 1.54) is 12.1 Å². The summed E-state index contributed by atoms with van der Waals surface area (Å²) in [6.45, 7) is 5.14. The number of nitrogens with zero attached hydrogens (tertiary/aromatic N) is 2. The first-order valence-electron chi connectivity index (χ1n) is 5.80. The van der Waals surface area contributed by atoms with Crippen molar-refractivity contribution in [2.45, 2.75) is 26.4 Å². The number of anilines is 1. The number of aromatic nitrogens is 1. The molecule has 0 aliphatic heterocycles. The van der Waals surface area contributed by atoms with E-state index in [0.717, 1.165) is 0 Å². The molecule has 0 unspecified atom stereocenters. The van der Waals surface area contributed by atoms with Gasteiger partial charge >= 0.3 is 17.8 Å². The molecular weight excluding hydrogens is 266 g/mol. The van der Waals surface area contributed by atoms with Gasteiger partial charge in [-0.1, -0.05) is 6.07 Å². The molecule has 20 heavy (non-hydrogen) atoms. The lowest BCUT2D eigenvalue weighted by Crippen LogP contribution is -2.27. The molecule has 0 atom stereocenters. The number of oxazole rings is 1. The first kappa shape index (κ1) is 13.8. The molecule has 8 heteroatoms. The van der Waals surface area contributed by atoms with Gasteiger partial charge < -0.3 is 9.15 Å². The molecule has 0 aliphatic rings. The van der Waals surface area contributed by atoms with Crippen molar-refractivity contribution in [1.29, 1.82) is 0 Å². The van der Waals surface area contributed by atoms with Crippen molar-refractivity contribution in [3.8, 4) is 0 Å². The number of nitro groups is 1. The molecule has 1 amide bonds. The fourth-order valence-electron chi connectivity index (χ4n) is 1.52. The number of non-ortho nitro benzene ring substituents is 1. The van der Waals surface area contributed by atoms with E-state index in [1.54, 1.807) is 26.8 Å². The van der Waals surface area contributed by atoms with Gasteiger partial charge in [0.05, 0.1) is 4.92 Å². The highest BCUT2D eigenvalue weighted by molar-refractivity contribution is 5.87. The lowest BCUT2D eigenvalue weighted by atomic mass is 10.2. The van der Waals surface area contributed by atoms with Gasteiger partial charge in [-0.05, 0) is 26.8 Å². The van der Waals surface area contributed by atoms with Crippen LogP contribution in [0, 0.1) is 10.1 Å². The van der Waals surface area contributed by atoms with Crippen LogP contribution in [0.4, 0.5) is 16.5 Å². The molecular formula is C12H13N3O5. The molecule has 2 aromatic rings. The van der Waals surface area contributed by atoms with Gasteiger partial charge in [0.2, 0.25) is 5.58 Å². The molecule has 8 nitrogen and oxygen atoms in total. The van der Waals surface area contributed by atoms with Crippen molar-refractivity contribution in [2.24, 2.45) is 0 Å². The maximum Gasteiger partial charge on any atom is 0.415 e. The molecule has 1 aromatic carbocycles. The molecule has 1 N–H and O–H groups in total. The molecule has 0 bridgehead atoms. The SMILES string of the molecule is CC(C)(C)OC(=O)Nc1nc2cccc([N+](=O)[O-])c2o1. The smallest absolute Gasteiger partial charge is 0.415 e. The minimum atomic E-state index is -0.744. The largest absolute Gasteiger partial charge is 0.443 e. The van der Waals surface area contributed by atoms with Gasteiger partial charge in [-0.2, -0.15) is 4.98 Å². The topological polar surface area (TPSA) is 108 Å². The first-order chi connectivity index (χ1) is 9.26. The van der Waals surface area contributed by atoms with E-state index in [0.29, 0.717) is 0 Å². The number of carbonyl (C=O) groups excluding carboxylic acids is 1. The lowest BCUT2D eigenvalue weighted by Gasteiger charge is -2.18. The van der Waals surface area contributed by atoms with Crippen LogP contribution in [0.25, 0.3) is 11.1 Å². The Morgan fingerprint density at radius 1 is 1.45 bits per heavy atom. The van der Waals surface area contributed by atoms with Crippen LogP contribution < -0.4 is 5.32 Å². The van der Waals surface area contributed by atoms with Crippen LogP contribution in [0.5, 0.6) is 0 Å². The Morgan fingerprint density at radius 3 is 2.75 bits per heavy atom. The summed E-state index contributed by atoms with van der Waals surface area (Å²) in [4.78, 5) is 25.8. The van der Waals surface area contributed by atoms with Gasteiger partial charge in [-0.25, -0.2) is 10.1 Å². The molecule has 0 aliphatic carbocycles. The molecule has 0 saturated carbocycles. The van der Waals surface area contributed by atoms with Crippen molar-refractivity contribution >= 4 is 28.9 Å². The quantitative estimate of drug-likeness (QED) is 0.668. The van der Waals surface area contributed by atoms with E-state index in [9.17, 15) is 14.9 Å². The van der Waals surface area contributed by atoms with Crippen molar-refractivity contribution in [1.82, 2.24) is 4.98 Å². The maximum atomic E-state index is 11.6. The third-order valence-corrected chi connectivity index (χ3v) is 2.20. The summed E-state index contributed by atoms with van der Waals surface area (Å²) in [6.07, 6.45) is -0.744. The number of hydrogen-bond donors (Lipinski definition) is 1. The van der Waals surface area contributed by atoms with Crippen LogP contribution in [0.3, 0.4) is 0 Å². The number of ether oxygens (including phenoxy) is 1. The monoisotopic (exact) mass is 279 g/mol. The van der Waals surface area contributed by atoms with Gasteiger partial charge in [-0.3, -0.25) is 10.1 Å². The van der Waals surface area contributed by atoms with Crippen molar-refractivity contribution < 1.29 is 18.9 Å². The van der Waals surface area contributed by atoms with E-state index < -0.39 is 16.6 Å². The van der Waals surface area contributed by atoms with Gasteiger partial charge in [0, 0.05) is 6.07 Å². The van der Waals surface area contributed by atoms with Crippen molar-refractivity contribution in [2.75, 3.05) is 5.32 Å². The van der Waals surface area contributed by atoms with E-state index >= 15 is 0 Å². The van der Waals surface area contributed by atoms with Crippen molar-refractivity contribution in [3.05, 3.63) is 28.3 Å². The van der Waals surface area contributed by atoms with Gasteiger partial charge in [0.25, 0.3) is 0 Å². The minimum absolute atomic E-state index is 0.00330. The standard InChI is InChI=1S/C12H13N3O5/c1-12(2,3)20-11(16)14-10-13-7-5-4-6-8(15(17)18)9(7)19-10/h4-6H,1-3H3,(H,13,14,16). The van der Waals surface area contributed by atoms with E-state index in [1.807, 2.05) is 0 Å². The zero-order valence-corrected chi connectivity index (χ0v) is 11.2. The third-order valence-electron chi connectivity index (χ3n) is 2.20. The molecule has 1 heterocycles. The summed E-state index contributed by atoms with van der Waals surface area (Å²) in [5.41, 5.74) is -0.594. The predicted molar refractivity (Wildman–Crippen MR) is 70.5 cm³/mol. The van der Waals surface area contributed by atoms with Crippen LogP contribution in [-0.2, 0) is 4.74 Å². The maximum absolute atomic E-state index is 11.6. The van der Waals surface area contributed by atoms with Crippen LogP contribution >= 0.6 is 0 Å². The van der Waals surface area contributed by atoms with E-state index in [-0.39, 0.29) is 22.8 Å². The Morgan fingerprint density at radius 2 is 2.15 bits per heavy atom. The van der Waals surface area contributed by atoms with Crippen LogP contribution in [0.1, 0.15) is 20.8 Å². The van der Waals surface area contributed by atoms with E-state index in [4.69, 9.17) is 9.15 Å². The number of benzene rings is 1. The molecule has 2 rings (SSSR count). The molecule has 0 saturated heterocycles. The Hall–Kier alpha value is -2.64. The molecule has 106 valence electrons. The minimum Gasteiger partial charge on any atom is -0.443 e. The van der Waals surface area contributed by atoms with Crippen LogP contribution in [-0.4, -0.2) is 21.6 Å². The second-order valence-corrected chi connectivity index (χ2v) is 5.03. The third kappa shape index (κ3) is 3.02. The fourth-order valence-corrected chi connectivity index (χ4v) is 1.52. The highest BCUT2D eigenvalue weighted by Gasteiger charge is 2.21. The highest BCUT2D eigenvalue weighted by Crippen LogP contribution is 2.28. The lowest BCUT2D eigenvalue weighted by molar-refractivity contribution is -0.383. The van der Waals surface area contributed by atoms with Gasteiger partial charge in [0.1, 0.15) is 11.1 Å². The fraction of sp³-hybridized carbons (Fsp3) is 0.333. The number of amides is 1. The number of fused-ring (bicyclic) bond motifs is 1. The zero-order chi connectivity index (χ0) is 14.9. The summed E-state index contributed by atoms with van der Waals surface area (Å²) >= 11 is 0. The van der Waals surface area contributed by atoms with Crippen LogP contribution in [0.15, 0.2) is 22.6 Å². The Labute approximate surface area is 113 Å². The van der Waals surface area contributed by atoms with Crippen molar-refractivity contribution in [3.63, 3.8) is 0 Å². The molecule has 0 spiro atoms. The molecule has 1 aromatic heterocycles. The van der Waals surface area contributed by atoms with Crippen LogP contribution in [0.2, 0.25) is 0 Å². The Balaban J connectivity index is 2.27. The number of para-hydroxylation sites is 1. The highest BCUT2D eigenvalue weighted by atomic mass is 16.6. The van der Waals surface area contributed by atoms with Gasteiger partial charge in [0.15, 0.2) is 0 Å². The summed E-state index contributed by atoms with van der Waals surface area (Å²) < 4.78 is 10.2. The number of nitro benzene ring substituents is 1. The van der Waals surface area contributed by atoms with E-state index in [2.05, 4.69) is 10.3 Å². The number of hydrogen-bond acceptors (Lipinski definition) is 6. The molecule has 0 radical (unpaired) electrons. The normalized spacial score (nSPS) is 11.3. The average Bonchev–Trinajstić information content (AvgIpc) is 2.67. The number of rotatable bonds is 2. The summed E-state index contributed by atoms with van der Waals surface area (Å²) in [7, 11) is 0. The Kier molecular flexibility index (Phi) is 3.31. The summed E-state index contributed by atoms with van der Waals surface area (Å²) in [5, 5.41) is 13.1. The predicted octanol–water partition coefficient (Wildman–Crippen LogP) is 3.08. The second kappa shape index (κ2) is 4.80. The summed E-state index contributed by atoms with van der Waals surface area (Å²) in [6, 6.07) is 4.18. The number of carbonyl (C=O) groups is 1. The zero-order valence-electron chi connectivity index (χ0n) is 11.2. The molecule has 0 fully saturated rings.